The third-order valence-electron chi connectivity index (χ3n) is 12.6. The van der Waals surface area contributed by atoms with Gasteiger partial charge in [-0.2, -0.15) is 23.5 Å². The maximum atomic E-state index is 12.8. The minimum atomic E-state index is -0.845. The molecule has 1 unspecified atom stereocenters. The first kappa shape index (κ1) is 46.7. The van der Waals surface area contributed by atoms with Crippen molar-refractivity contribution in [3.63, 3.8) is 0 Å². The number of rotatable bonds is 7. The van der Waals surface area contributed by atoms with E-state index in [-0.39, 0.29) is 43.2 Å². The molecule has 3 heterocycles. The number of furan rings is 1. The number of nitriles is 1. The van der Waals surface area contributed by atoms with Gasteiger partial charge in [0.15, 0.2) is 0 Å². The van der Waals surface area contributed by atoms with Gasteiger partial charge in [0.1, 0.15) is 5.58 Å². The van der Waals surface area contributed by atoms with Crippen molar-refractivity contribution >= 4 is 39.0 Å². The van der Waals surface area contributed by atoms with Crippen molar-refractivity contribution in [2.75, 3.05) is 4.90 Å². The van der Waals surface area contributed by atoms with E-state index in [1.807, 2.05) is 42.6 Å². The molecule has 0 N–H and O–H groups in total. The summed E-state index contributed by atoms with van der Waals surface area (Å²) in [5.74, 6) is 0.245. The molecule has 0 spiro atoms. The summed E-state index contributed by atoms with van der Waals surface area (Å²) in [5.41, 5.74) is 15.4. The van der Waals surface area contributed by atoms with E-state index < -0.39 is 5.66 Å². The van der Waals surface area contributed by atoms with Crippen LogP contribution in [0, 0.1) is 29.3 Å². The van der Waals surface area contributed by atoms with Crippen LogP contribution in [0.5, 0.6) is 0 Å². The maximum Gasteiger partial charge on any atom is 3.00 e. The van der Waals surface area contributed by atoms with E-state index in [1.54, 1.807) is 6.07 Å². The van der Waals surface area contributed by atoms with Crippen LogP contribution in [0.25, 0.3) is 60.8 Å². The normalized spacial score (nSPS) is 14.3. The zero-order chi connectivity index (χ0) is 46.3. The molecule has 0 radical (unpaired) electrons. The average molecular weight is 1060 g/mol. The Kier molecular flexibility index (Phi) is 13.1. The second kappa shape index (κ2) is 18.8. The maximum absolute atomic E-state index is 12.8. The first-order valence-corrected chi connectivity index (χ1v) is 22.6. The van der Waals surface area contributed by atoms with E-state index in [9.17, 15) is 9.65 Å². The molecule has 7 aromatic carbocycles. The summed E-state index contributed by atoms with van der Waals surface area (Å²) in [4.78, 5) is 6.83. The first-order valence-electron chi connectivity index (χ1n) is 22.6. The summed E-state index contributed by atoms with van der Waals surface area (Å²) in [7, 11) is 0. The van der Waals surface area contributed by atoms with Crippen LogP contribution in [0.2, 0.25) is 0 Å². The van der Waals surface area contributed by atoms with Gasteiger partial charge >= 0.3 is 20.1 Å². The van der Waals surface area contributed by atoms with Gasteiger partial charge < -0.3 is 19.6 Å². The number of anilines is 2. The first-order chi connectivity index (χ1) is 31.7. The van der Waals surface area contributed by atoms with Crippen molar-refractivity contribution in [3.8, 4) is 39.6 Å². The SMILES string of the molecule is CC(C)(C)c1ccc(-c2[c-]cc(F)cc2)nc1.CC(C)c1cc(-c2ccccc2)cc(C(C)C)c1N1c2ccccc2[N-]C1(C)c1[c-]ccc2c1oc1cc(-c3cccc(C#N)c3)ccc12.[Ir+3]. The zero-order valence-electron chi connectivity index (χ0n) is 39.1. The van der Waals surface area contributed by atoms with Gasteiger partial charge in [0.05, 0.1) is 11.6 Å². The molecular weight excluding hydrogens is 1000 g/mol. The number of aromatic nitrogens is 1. The minimum Gasteiger partial charge on any atom is -0.659 e. The number of hydrogen-bond donors (Lipinski definition) is 0. The summed E-state index contributed by atoms with van der Waals surface area (Å²) < 4.78 is 19.6. The van der Waals surface area contributed by atoms with Gasteiger partial charge in [-0.1, -0.05) is 146 Å². The van der Waals surface area contributed by atoms with Crippen molar-refractivity contribution in [2.24, 2.45) is 0 Å². The quantitative estimate of drug-likeness (QED) is 0.149. The molecule has 334 valence electrons. The molecule has 0 aliphatic carbocycles. The molecule has 1 atom stereocenters. The number of benzene rings is 7. The molecule has 7 heteroatoms. The molecule has 0 saturated carbocycles. The summed E-state index contributed by atoms with van der Waals surface area (Å²) in [6, 6.07) is 59.1. The monoisotopic (exact) mass is 1060 g/mol. The van der Waals surface area contributed by atoms with Crippen molar-refractivity contribution in [2.45, 2.75) is 78.3 Å². The number of pyridine rings is 1. The second-order valence-electron chi connectivity index (χ2n) is 18.8. The van der Waals surface area contributed by atoms with Gasteiger partial charge in [-0.3, -0.25) is 4.39 Å². The standard InChI is InChI=1S/C45H37N3O.C15H15FN.Ir/c1-28(2)37-24-34(31-14-7-6-8-15-31)25-38(29(3)4)43(37)48-41-20-10-9-19-40(41)47-45(48,5)39-18-12-17-36-35-22-21-33(26-42(35)49-44(36)39)32-16-11-13-30(23-32)27-46;1-15(2,3)12-6-9-14(17-10-12)11-4-7-13(16)8-5-11;/h6-17,19-26,28-29H,1-5H3;4,6-10H,1-3H3;/q-2;-1;+3. The van der Waals surface area contributed by atoms with Gasteiger partial charge in [-0.25, -0.2) is 0 Å². The molecule has 0 fully saturated rings. The predicted octanol–water partition coefficient (Wildman–Crippen LogP) is 16.9. The number of para-hydroxylation sites is 2. The molecule has 5 nitrogen and oxygen atoms in total. The van der Waals surface area contributed by atoms with Crippen LogP contribution >= 0.6 is 0 Å². The van der Waals surface area contributed by atoms with Crippen LogP contribution in [0.3, 0.4) is 0 Å². The van der Waals surface area contributed by atoms with Crippen molar-refractivity contribution in [1.29, 1.82) is 5.26 Å². The summed E-state index contributed by atoms with van der Waals surface area (Å²) in [6.07, 6.45) is 1.87. The third-order valence-corrected chi connectivity index (χ3v) is 12.6. The Morgan fingerprint density at radius 2 is 1.43 bits per heavy atom. The Bertz CT molecular complexity index is 3220. The Morgan fingerprint density at radius 3 is 2.09 bits per heavy atom. The fourth-order valence-electron chi connectivity index (χ4n) is 8.99. The Labute approximate surface area is 407 Å². The van der Waals surface area contributed by atoms with Gasteiger partial charge in [0, 0.05) is 34.4 Å². The average Bonchev–Trinajstić information content (AvgIpc) is 3.86. The summed E-state index contributed by atoms with van der Waals surface area (Å²) in [6.45, 7) is 17.8. The van der Waals surface area contributed by atoms with E-state index in [1.165, 1.54) is 45.6 Å². The third kappa shape index (κ3) is 9.05. The zero-order valence-corrected chi connectivity index (χ0v) is 41.5. The summed E-state index contributed by atoms with van der Waals surface area (Å²) >= 11 is 0. The predicted molar refractivity (Wildman–Crippen MR) is 269 cm³/mol. The number of hydrogen-bond acceptors (Lipinski definition) is 4. The van der Waals surface area contributed by atoms with Gasteiger partial charge in [-0.05, 0) is 104 Å². The van der Waals surface area contributed by atoms with Gasteiger partial charge in [-0.15, -0.1) is 41.1 Å². The molecule has 0 amide bonds. The molecule has 2 aromatic heterocycles. The van der Waals surface area contributed by atoms with E-state index in [0.29, 0.717) is 5.56 Å². The molecule has 0 saturated heterocycles. The molecule has 0 bridgehead atoms. The molecule has 9 aromatic rings. The number of nitrogens with zero attached hydrogens (tertiary/aromatic N) is 4. The van der Waals surface area contributed by atoms with E-state index in [4.69, 9.17) is 9.73 Å². The van der Waals surface area contributed by atoms with Crippen LogP contribution in [0.1, 0.15) is 95.0 Å². The van der Waals surface area contributed by atoms with Crippen molar-refractivity contribution in [1.82, 2.24) is 4.98 Å². The fraction of sp³-hybridized carbons (Fsp3) is 0.200. The molecule has 10 rings (SSSR count). The van der Waals surface area contributed by atoms with Crippen LogP contribution in [-0.2, 0) is 31.2 Å². The van der Waals surface area contributed by atoms with Crippen molar-refractivity contribution in [3.05, 3.63) is 209 Å². The number of fused-ring (bicyclic) bond motifs is 4. The van der Waals surface area contributed by atoms with Crippen molar-refractivity contribution < 1.29 is 28.9 Å². The van der Waals surface area contributed by atoms with Crippen LogP contribution in [0.15, 0.2) is 162 Å². The Hall–Kier alpha value is -6.84. The molecular formula is C60H52FIrN4O. The Balaban J connectivity index is 0.000000285. The second-order valence-corrected chi connectivity index (χ2v) is 18.8. The van der Waals surface area contributed by atoms with Crippen LogP contribution in [-0.4, -0.2) is 4.98 Å². The van der Waals surface area contributed by atoms with E-state index >= 15 is 0 Å². The number of halogens is 1. The van der Waals surface area contributed by atoms with E-state index in [2.05, 4.69) is 181 Å². The van der Waals surface area contributed by atoms with Gasteiger partial charge in [0.25, 0.3) is 0 Å². The molecule has 67 heavy (non-hydrogen) atoms. The Morgan fingerprint density at radius 1 is 0.731 bits per heavy atom. The molecule has 1 aliphatic rings. The largest absolute Gasteiger partial charge is 3.00 e. The topological polar surface area (TPSA) is 67.2 Å². The molecule has 1 aliphatic heterocycles. The smallest absolute Gasteiger partial charge is 0.659 e. The fourth-order valence-corrected chi connectivity index (χ4v) is 8.99. The minimum absolute atomic E-state index is 0. The van der Waals surface area contributed by atoms with Gasteiger partial charge in [0.2, 0.25) is 0 Å². The van der Waals surface area contributed by atoms with E-state index in [0.717, 1.165) is 61.3 Å². The van der Waals surface area contributed by atoms with Crippen LogP contribution in [0.4, 0.5) is 21.5 Å². The summed E-state index contributed by atoms with van der Waals surface area (Å²) in [5, 5.41) is 17.0. The van der Waals surface area contributed by atoms with Crippen LogP contribution < -0.4 is 4.90 Å².